The molecule has 0 bridgehead atoms. The van der Waals surface area contributed by atoms with E-state index in [4.69, 9.17) is 0 Å². The van der Waals surface area contributed by atoms with Crippen molar-refractivity contribution in [3.05, 3.63) is 32.0 Å². The number of hydrogen-bond acceptors (Lipinski definition) is 3. The van der Waals surface area contributed by atoms with Crippen molar-refractivity contribution in [1.82, 2.24) is 14.8 Å². The highest BCUT2D eigenvalue weighted by atomic mass is 127. The second kappa shape index (κ2) is 3.75. The zero-order valence-corrected chi connectivity index (χ0v) is 10.0. The van der Waals surface area contributed by atoms with E-state index in [0.717, 1.165) is 11.6 Å². The van der Waals surface area contributed by atoms with Crippen molar-refractivity contribution in [2.24, 2.45) is 0 Å². The summed E-state index contributed by atoms with van der Waals surface area (Å²) in [4.78, 5) is 5.44. The van der Waals surface area contributed by atoms with Crippen LogP contribution in [0.25, 0.3) is 0 Å². The fourth-order valence-corrected chi connectivity index (χ4v) is 2.30. The minimum Gasteiger partial charge on any atom is -0.266 e. The Morgan fingerprint density at radius 1 is 1.54 bits per heavy atom. The van der Waals surface area contributed by atoms with E-state index in [1.165, 1.54) is 8.45 Å². The third-order valence-electron chi connectivity index (χ3n) is 1.59. The molecular formula is C8H8IN3S. The Kier molecular flexibility index (Phi) is 2.63. The molecule has 0 saturated carbocycles. The zero-order valence-electron chi connectivity index (χ0n) is 7.07. The Morgan fingerprint density at radius 2 is 2.38 bits per heavy atom. The summed E-state index contributed by atoms with van der Waals surface area (Å²) < 4.78 is 3.09. The van der Waals surface area contributed by atoms with Crippen LogP contribution in [0.5, 0.6) is 0 Å². The van der Waals surface area contributed by atoms with Gasteiger partial charge in [0, 0.05) is 17.3 Å². The number of nitrogens with zero attached hydrogens (tertiary/aromatic N) is 3. The highest BCUT2D eigenvalue weighted by Crippen LogP contribution is 2.13. The van der Waals surface area contributed by atoms with Crippen molar-refractivity contribution in [1.29, 1.82) is 0 Å². The lowest BCUT2D eigenvalue weighted by molar-refractivity contribution is 0.693. The molecule has 0 fully saturated rings. The number of aryl methyl sites for hydroxylation is 1. The summed E-state index contributed by atoms with van der Waals surface area (Å²) in [7, 11) is 0. The van der Waals surface area contributed by atoms with Crippen molar-refractivity contribution in [3.63, 3.8) is 0 Å². The van der Waals surface area contributed by atoms with Gasteiger partial charge in [-0.15, -0.1) is 11.3 Å². The topological polar surface area (TPSA) is 30.7 Å². The van der Waals surface area contributed by atoms with E-state index in [1.54, 1.807) is 11.3 Å². The van der Waals surface area contributed by atoms with Gasteiger partial charge < -0.3 is 0 Å². The molecule has 3 nitrogen and oxygen atoms in total. The maximum absolute atomic E-state index is 4.21. The lowest BCUT2D eigenvalue weighted by Crippen LogP contribution is -1.97. The van der Waals surface area contributed by atoms with Gasteiger partial charge in [0.05, 0.1) is 21.3 Å². The first-order valence-corrected chi connectivity index (χ1v) is 5.73. The van der Waals surface area contributed by atoms with Crippen LogP contribution in [0.4, 0.5) is 0 Å². The first-order chi connectivity index (χ1) is 6.24. The highest BCUT2D eigenvalue weighted by Gasteiger charge is 2.00. The second-order valence-corrected chi connectivity index (χ2v) is 5.27. The van der Waals surface area contributed by atoms with Gasteiger partial charge in [-0.2, -0.15) is 5.10 Å². The standard InChI is InChI=1S/C8H8IN3S/c1-6-10-3-8(13-6)5-12-4-7(9)2-11-12/h2-4H,5H2,1H3. The van der Waals surface area contributed by atoms with Crippen LogP contribution in [0.2, 0.25) is 0 Å². The molecule has 0 amide bonds. The predicted octanol–water partition coefficient (Wildman–Crippen LogP) is 2.30. The molecule has 5 heteroatoms. The molecule has 0 unspecified atom stereocenters. The third-order valence-corrected chi connectivity index (χ3v) is 3.04. The molecule has 2 rings (SSSR count). The normalized spacial score (nSPS) is 10.6. The van der Waals surface area contributed by atoms with Crippen LogP contribution in [0.15, 0.2) is 18.6 Å². The Hall–Kier alpha value is -0.430. The fourth-order valence-electron chi connectivity index (χ4n) is 1.06. The molecule has 0 aromatic carbocycles. The molecule has 13 heavy (non-hydrogen) atoms. The molecule has 2 aromatic rings. The minimum absolute atomic E-state index is 0.828. The number of hydrogen-bond donors (Lipinski definition) is 0. The summed E-state index contributed by atoms with van der Waals surface area (Å²) in [5.41, 5.74) is 0. The maximum Gasteiger partial charge on any atom is 0.0897 e. The van der Waals surface area contributed by atoms with Gasteiger partial charge in [-0.05, 0) is 29.5 Å². The van der Waals surface area contributed by atoms with Crippen LogP contribution >= 0.6 is 33.9 Å². The molecule has 0 atom stereocenters. The Morgan fingerprint density at radius 3 is 2.92 bits per heavy atom. The third kappa shape index (κ3) is 2.28. The van der Waals surface area contributed by atoms with Crippen LogP contribution in [0.3, 0.4) is 0 Å². The number of thiazole rings is 1. The van der Waals surface area contributed by atoms with Gasteiger partial charge in [0.15, 0.2) is 0 Å². The molecule has 0 N–H and O–H groups in total. The van der Waals surface area contributed by atoms with E-state index in [0.29, 0.717) is 0 Å². The number of aromatic nitrogens is 3. The van der Waals surface area contributed by atoms with Crippen molar-refractivity contribution in [3.8, 4) is 0 Å². The van der Waals surface area contributed by atoms with Gasteiger partial charge in [0.25, 0.3) is 0 Å². The molecular weight excluding hydrogens is 297 g/mol. The quantitative estimate of drug-likeness (QED) is 0.797. The SMILES string of the molecule is Cc1ncc(Cn2cc(I)cn2)s1. The summed E-state index contributed by atoms with van der Waals surface area (Å²) in [5.74, 6) is 0. The molecule has 0 aliphatic heterocycles. The van der Waals surface area contributed by atoms with Crippen LogP contribution < -0.4 is 0 Å². The van der Waals surface area contributed by atoms with Gasteiger partial charge in [-0.1, -0.05) is 0 Å². The van der Waals surface area contributed by atoms with E-state index < -0.39 is 0 Å². The van der Waals surface area contributed by atoms with Crippen molar-refractivity contribution in [2.45, 2.75) is 13.5 Å². The maximum atomic E-state index is 4.21. The lowest BCUT2D eigenvalue weighted by Gasteiger charge is -1.95. The van der Waals surface area contributed by atoms with Gasteiger partial charge in [-0.3, -0.25) is 4.68 Å². The Balaban J connectivity index is 2.14. The summed E-state index contributed by atoms with van der Waals surface area (Å²) in [6.45, 7) is 2.84. The van der Waals surface area contributed by atoms with Crippen LogP contribution in [0, 0.1) is 10.5 Å². The van der Waals surface area contributed by atoms with Gasteiger partial charge in [-0.25, -0.2) is 4.98 Å². The van der Waals surface area contributed by atoms with E-state index in [2.05, 4.69) is 32.7 Å². The number of rotatable bonds is 2. The lowest BCUT2D eigenvalue weighted by atomic mass is 10.5. The van der Waals surface area contributed by atoms with E-state index in [9.17, 15) is 0 Å². The molecule has 2 heterocycles. The van der Waals surface area contributed by atoms with E-state index in [-0.39, 0.29) is 0 Å². The van der Waals surface area contributed by atoms with Crippen LogP contribution in [-0.2, 0) is 6.54 Å². The molecule has 2 aromatic heterocycles. The summed E-state index contributed by atoms with van der Waals surface area (Å²) in [5, 5.41) is 5.32. The average molecular weight is 305 g/mol. The van der Waals surface area contributed by atoms with E-state index >= 15 is 0 Å². The summed E-state index contributed by atoms with van der Waals surface area (Å²) in [6, 6.07) is 0. The molecule has 0 saturated heterocycles. The average Bonchev–Trinajstić information content (AvgIpc) is 2.62. The van der Waals surface area contributed by atoms with Crippen molar-refractivity contribution < 1.29 is 0 Å². The molecule has 0 aliphatic rings. The van der Waals surface area contributed by atoms with Gasteiger partial charge in [0.2, 0.25) is 0 Å². The molecule has 0 spiro atoms. The van der Waals surface area contributed by atoms with Crippen LogP contribution in [0.1, 0.15) is 9.88 Å². The van der Waals surface area contributed by atoms with Gasteiger partial charge in [0.1, 0.15) is 0 Å². The second-order valence-electron chi connectivity index (χ2n) is 2.70. The summed E-state index contributed by atoms with van der Waals surface area (Å²) >= 11 is 3.97. The van der Waals surface area contributed by atoms with Crippen molar-refractivity contribution in [2.75, 3.05) is 0 Å². The number of halogens is 1. The first-order valence-electron chi connectivity index (χ1n) is 3.83. The zero-order chi connectivity index (χ0) is 9.26. The fraction of sp³-hybridized carbons (Fsp3) is 0.250. The first kappa shape index (κ1) is 9.14. The molecule has 68 valence electrons. The molecule has 0 aliphatic carbocycles. The minimum atomic E-state index is 0.828. The highest BCUT2D eigenvalue weighted by molar-refractivity contribution is 14.1. The Labute approximate surface area is 93.9 Å². The van der Waals surface area contributed by atoms with Gasteiger partial charge >= 0.3 is 0 Å². The molecule has 0 radical (unpaired) electrons. The van der Waals surface area contributed by atoms with Crippen LogP contribution in [-0.4, -0.2) is 14.8 Å². The monoisotopic (exact) mass is 305 g/mol. The Bertz CT molecular complexity index is 369. The smallest absolute Gasteiger partial charge is 0.0897 e. The van der Waals surface area contributed by atoms with E-state index in [1.807, 2.05) is 30.2 Å². The largest absolute Gasteiger partial charge is 0.266 e. The summed E-state index contributed by atoms with van der Waals surface area (Å²) in [6.07, 6.45) is 5.79. The van der Waals surface area contributed by atoms with Crippen molar-refractivity contribution >= 4 is 33.9 Å². The predicted molar refractivity (Wildman–Crippen MR) is 60.9 cm³/mol.